The van der Waals surface area contributed by atoms with Gasteiger partial charge in [-0.15, -0.1) is 11.3 Å². The van der Waals surface area contributed by atoms with Crippen molar-refractivity contribution in [2.45, 2.75) is 17.4 Å². The second kappa shape index (κ2) is 5.17. The van der Waals surface area contributed by atoms with Crippen molar-refractivity contribution in [3.05, 3.63) is 46.4 Å². The van der Waals surface area contributed by atoms with Gasteiger partial charge in [-0.1, -0.05) is 12.1 Å². The fourth-order valence-corrected chi connectivity index (χ4v) is 2.92. The third-order valence-electron chi connectivity index (χ3n) is 2.52. The molecule has 0 radical (unpaired) electrons. The number of aliphatic hydroxyl groups excluding tert-OH is 1. The van der Waals surface area contributed by atoms with Crippen molar-refractivity contribution >= 4 is 21.2 Å². The number of rotatable bonds is 4. The molecule has 2 rings (SSSR count). The van der Waals surface area contributed by atoms with Crippen LogP contribution in [0.15, 0.2) is 40.7 Å². The van der Waals surface area contributed by atoms with Crippen LogP contribution in [0.4, 0.5) is 0 Å². The Balaban J connectivity index is 2.23. The van der Waals surface area contributed by atoms with Gasteiger partial charge in [0, 0.05) is 24.3 Å². The molecule has 0 aliphatic rings. The van der Waals surface area contributed by atoms with Crippen molar-refractivity contribution in [1.82, 2.24) is 4.98 Å². The quantitative estimate of drug-likeness (QED) is 0.929. The molecule has 0 saturated carbocycles. The lowest BCUT2D eigenvalue weighted by Crippen LogP contribution is -2.04. The number of sulfone groups is 1. The van der Waals surface area contributed by atoms with Gasteiger partial charge in [0.25, 0.3) is 0 Å². The molecule has 2 aromatic rings. The first-order chi connectivity index (χ1) is 8.47. The lowest BCUT2D eigenvalue weighted by atomic mass is 10.1. The molecule has 1 N–H and O–H groups in total. The van der Waals surface area contributed by atoms with Crippen molar-refractivity contribution in [2.24, 2.45) is 0 Å². The maximum absolute atomic E-state index is 11.4. The monoisotopic (exact) mass is 283 g/mol. The Bertz CT molecular complexity index is 621. The molecule has 4 nitrogen and oxygen atoms in total. The third-order valence-corrected chi connectivity index (χ3v) is 4.43. The highest BCUT2D eigenvalue weighted by Crippen LogP contribution is 2.22. The first-order valence-electron chi connectivity index (χ1n) is 5.33. The van der Waals surface area contributed by atoms with Crippen molar-refractivity contribution in [3.63, 3.8) is 0 Å². The van der Waals surface area contributed by atoms with Crippen molar-refractivity contribution in [1.29, 1.82) is 0 Å². The van der Waals surface area contributed by atoms with E-state index in [1.54, 1.807) is 18.3 Å². The van der Waals surface area contributed by atoms with Crippen LogP contribution in [0.1, 0.15) is 16.7 Å². The Morgan fingerprint density at radius 2 is 2.22 bits per heavy atom. The van der Waals surface area contributed by atoms with Gasteiger partial charge in [0.15, 0.2) is 9.84 Å². The number of benzene rings is 1. The molecular weight excluding hydrogens is 270 g/mol. The van der Waals surface area contributed by atoms with Crippen molar-refractivity contribution in [3.8, 4) is 0 Å². The molecule has 0 fully saturated rings. The van der Waals surface area contributed by atoms with E-state index in [0.29, 0.717) is 12.0 Å². The summed E-state index contributed by atoms with van der Waals surface area (Å²) in [4.78, 5) is 4.31. The highest BCUT2D eigenvalue weighted by molar-refractivity contribution is 7.90. The molecule has 1 aromatic heterocycles. The zero-order valence-corrected chi connectivity index (χ0v) is 11.4. The highest BCUT2D eigenvalue weighted by atomic mass is 32.2. The minimum atomic E-state index is -3.24. The van der Waals surface area contributed by atoms with Crippen LogP contribution in [-0.4, -0.2) is 24.8 Å². The van der Waals surface area contributed by atoms with Gasteiger partial charge in [-0.05, 0) is 17.7 Å². The number of nitrogens with zero attached hydrogens (tertiary/aromatic N) is 1. The Kier molecular flexibility index (Phi) is 3.79. The van der Waals surface area contributed by atoms with Gasteiger partial charge in [-0.2, -0.15) is 0 Å². The molecule has 0 bridgehead atoms. The van der Waals surface area contributed by atoms with Gasteiger partial charge in [0.1, 0.15) is 0 Å². The smallest absolute Gasteiger partial charge is 0.175 e. The average molecular weight is 283 g/mol. The van der Waals surface area contributed by atoms with Crippen molar-refractivity contribution < 1.29 is 13.5 Å². The maximum Gasteiger partial charge on any atom is 0.175 e. The molecule has 0 aliphatic carbocycles. The van der Waals surface area contributed by atoms with Crippen LogP contribution in [0.3, 0.4) is 0 Å². The molecule has 0 amide bonds. The Hall–Kier alpha value is -1.24. The third kappa shape index (κ3) is 3.16. The minimum Gasteiger partial charge on any atom is -0.388 e. The van der Waals surface area contributed by atoms with Crippen molar-refractivity contribution in [2.75, 3.05) is 6.26 Å². The molecule has 0 aliphatic heterocycles. The zero-order chi connectivity index (χ0) is 13.2. The lowest BCUT2D eigenvalue weighted by Gasteiger charge is -2.10. The molecule has 0 saturated heterocycles. The standard InChI is InChI=1S/C12H13NO3S2/c1-18(15,16)10-4-2-3-9(7-10)11(14)8-12-13-5-6-17-12/h2-7,11,14H,8H2,1H3. The Morgan fingerprint density at radius 1 is 1.44 bits per heavy atom. The summed E-state index contributed by atoms with van der Waals surface area (Å²) >= 11 is 1.47. The first kappa shape index (κ1) is 13.2. The summed E-state index contributed by atoms with van der Waals surface area (Å²) in [5.74, 6) is 0. The van der Waals surface area contributed by atoms with Crippen LogP contribution in [0.25, 0.3) is 0 Å². The van der Waals surface area contributed by atoms with Crippen LogP contribution in [0.5, 0.6) is 0 Å². The van der Waals surface area contributed by atoms with Gasteiger partial charge < -0.3 is 5.11 Å². The number of thiazole rings is 1. The van der Waals surface area contributed by atoms with Gasteiger partial charge in [0.05, 0.1) is 16.0 Å². The van der Waals surface area contributed by atoms with Gasteiger partial charge in [-0.25, -0.2) is 13.4 Å². The van der Waals surface area contributed by atoms with E-state index in [9.17, 15) is 13.5 Å². The summed E-state index contributed by atoms with van der Waals surface area (Å²) in [5.41, 5.74) is 0.591. The van der Waals surface area contributed by atoms with E-state index in [1.165, 1.54) is 23.5 Å². The summed E-state index contributed by atoms with van der Waals surface area (Å²) in [6.07, 6.45) is 2.49. The summed E-state index contributed by atoms with van der Waals surface area (Å²) < 4.78 is 22.9. The van der Waals surface area contributed by atoms with E-state index < -0.39 is 15.9 Å². The summed E-state index contributed by atoms with van der Waals surface area (Å²) in [6, 6.07) is 6.38. The molecule has 18 heavy (non-hydrogen) atoms. The average Bonchev–Trinajstić information content (AvgIpc) is 2.81. The largest absolute Gasteiger partial charge is 0.388 e. The molecule has 1 heterocycles. The number of hydrogen-bond donors (Lipinski definition) is 1. The van der Waals surface area contributed by atoms with Gasteiger partial charge in [0.2, 0.25) is 0 Å². The van der Waals surface area contributed by atoms with Crippen LogP contribution in [0.2, 0.25) is 0 Å². The van der Waals surface area contributed by atoms with E-state index in [0.717, 1.165) is 11.3 Å². The number of aliphatic hydroxyl groups is 1. The Morgan fingerprint density at radius 3 is 2.83 bits per heavy atom. The predicted molar refractivity (Wildman–Crippen MR) is 70.3 cm³/mol. The molecular formula is C12H13NO3S2. The van der Waals surface area contributed by atoms with E-state index in [1.807, 2.05) is 5.38 Å². The second-order valence-electron chi connectivity index (χ2n) is 3.99. The zero-order valence-electron chi connectivity index (χ0n) is 9.78. The summed E-state index contributed by atoms with van der Waals surface area (Å²) in [6.45, 7) is 0. The van der Waals surface area contributed by atoms with E-state index in [4.69, 9.17) is 0 Å². The highest BCUT2D eigenvalue weighted by Gasteiger charge is 2.13. The fourth-order valence-electron chi connectivity index (χ4n) is 1.59. The molecule has 1 atom stereocenters. The topological polar surface area (TPSA) is 67.3 Å². The summed E-state index contributed by atoms with van der Waals surface area (Å²) in [5, 5.41) is 12.7. The van der Waals surface area contributed by atoms with Gasteiger partial charge >= 0.3 is 0 Å². The predicted octanol–water partition coefficient (Wildman–Crippen LogP) is 1.82. The van der Waals surface area contributed by atoms with E-state index in [-0.39, 0.29) is 4.90 Å². The molecule has 1 aromatic carbocycles. The number of aromatic nitrogens is 1. The lowest BCUT2D eigenvalue weighted by molar-refractivity contribution is 0.178. The van der Waals surface area contributed by atoms with Crippen LogP contribution < -0.4 is 0 Å². The SMILES string of the molecule is CS(=O)(=O)c1cccc(C(O)Cc2nccs2)c1. The van der Waals surface area contributed by atoms with E-state index in [2.05, 4.69) is 4.98 Å². The van der Waals surface area contributed by atoms with E-state index >= 15 is 0 Å². The van der Waals surface area contributed by atoms with Crippen LogP contribution in [-0.2, 0) is 16.3 Å². The molecule has 0 spiro atoms. The van der Waals surface area contributed by atoms with Crippen LogP contribution in [0, 0.1) is 0 Å². The molecule has 6 heteroatoms. The number of hydrogen-bond acceptors (Lipinski definition) is 5. The maximum atomic E-state index is 11.4. The molecule has 96 valence electrons. The first-order valence-corrected chi connectivity index (χ1v) is 8.10. The van der Waals surface area contributed by atoms with Crippen LogP contribution >= 0.6 is 11.3 Å². The fraction of sp³-hybridized carbons (Fsp3) is 0.250. The second-order valence-corrected chi connectivity index (χ2v) is 6.99. The molecule has 1 unspecified atom stereocenters. The Labute approximate surface area is 110 Å². The minimum absolute atomic E-state index is 0.221. The normalized spacial score (nSPS) is 13.4. The summed E-state index contributed by atoms with van der Waals surface area (Å²) in [7, 11) is -3.24. The van der Waals surface area contributed by atoms with Gasteiger partial charge in [-0.3, -0.25) is 0 Å².